The van der Waals surface area contributed by atoms with Crippen molar-refractivity contribution in [2.45, 2.75) is 6.92 Å². The van der Waals surface area contributed by atoms with Gasteiger partial charge >= 0.3 is 5.97 Å². The number of ether oxygens (including phenoxy) is 2. The Hall–Kier alpha value is -3.64. The number of anilines is 1. The first-order valence-electron chi connectivity index (χ1n) is 9.92. The summed E-state index contributed by atoms with van der Waals surface area (Å²) in [6.07, 6.45) is 1.69. The highest BCUT2D eigenvalue weighted by Gasteiger charge is 2.37. The van der Waals surface area contributed by atoms with Crippen LogP contribution >= 0.6 is 15.9 Å². The lowest BCUT2D eigenvalue weighted by molar-refractivity contribution is -0.136. The molecule has 0 fully saturated rings. The van der Waals surface area contributed by atoms with E-state index in [4.69, 9.17) is 9.47 Å². The van der Waals surface area contributed by atoms with Crippen molar-refractivity contribution >= 4 is 39.6 Å². The molecule has 0 N–H and O–H groups in total. The maximum Gasteiger partial charge on any atom is 0.340 e. The molecule has 32 heavy (non-hydrogen) atoms. The number of halogens is 1. The third-order valence-corrected chi connectivity index (χ3v) is 5.55. The second-order valence-corrected chi connectivity index (χ2v) is 8.03. The fourth-order valence-corrected chi connectivity index (χ4v) is 3.80. The van der Waals surface area contributed by atoms with E-state index in [-0.39, 0.29) is 17.1 Å². The lowest BCUT2D eigenvalue weighted by atomic mass is 10.0. The van der Waals surface area contributed by atoms with Crippen molar-refractivity contribution in [3.05, 3.63) is 106 Å². The first kappa shape index (κ1) is 21.6. The number of esters is 1. The van der Waals surface area contributed by atoms with E-state index in [1.807, 2.05) is 78.9 Å². The number of carbonyl (C=O) groups excluding carboxylic acids is 2. The Morgan fingerprint density at radius 1 is 0.938 bits per heavy atom. The monoisotopic (exact) mass is 489 g/mol. The molecule has 3 aromatic rings. The minimum atomic E-state index is -0.557. The number of rotatable bonds is 5. The van der Waals surface area contributed by atoms with Crippen molar-refractivity contribution in [3.63, 3.8) is 0 Å². The van der Waals surface area contributed by atoms with Gasteiger partial charge in [-0.25, -0.2) is 4.79 Å². The van der Waals surface area contributed by atoms with Crippen LogP contribution in [0.3, 0.4) is 0 Å². The lowest BCUT2D eigenvalue weighted by Crippen LogP contribution is -2.24. The fraction of sp³-hybridized carbons (Fsp3) is 0.0769. The Morgan fingerprint density at radius 3 is 2.31 bits per heavy atom. The molecule has 0 aliphatic carbocycles. The maximum absolute atomic E-state index is 13.4. The molecule has 0 atom stereocenters. The van der Waals surface area contributed by atoms with Gasteiger partial charge in [-0.2, -0.15) is 0 Å². The molecule has 3 aromatic carbocycles. The normalized spacial score (nSPS) is 14.8. The van der Waals surface area contributed by atoms with Crippen LogP contribution < -0.4 is 9.64 Å². The number of amides is 1. The molecule has 0 saturated heterocycles. The minimum Gasteiger partial charge on any atom is -0.465 e. The zero-order chi connectivity index (χ0) is 22.7. The van der Waals surface area contributed by atoms with Crippen molar-refractivity contribution in [2.24, 2.45) is 0 Å². The molecule has 1 amide bonds. The molecule has 0 spiro atoms. The molecule has 0 radical (unpaired) electrons. The molecule has 0 unspecified atom stereocenters. The van der Waals surface area contributed by atoms with Crippen molar-refractivity contribution < 1.29 is 19.1 Å². The second kappa shape index (κ2) is 9.24. The van der Waals surface area contributed by atoms with Gasteiger partial charge < -0.3 is 9.47 Å². The van der Waals surface area contributed by atoms with Crippen LogP contribution in [0.25, 0.3) is 6.08 Å². The second-order valence-electron chi connectivity index (χ2n) is 7.11. The Balaban J connectivity index is 1.73. The molecule has 160 valence electrons. The number of hydrogen-bond acceptors (Lipinski definition) is 4. The largest absolute Gasteiger partial charge is 0.465 e. The molecule has 0 bridgehead atoms. The molecule has 1 aliphatic rings. The Labute approximate surface area is 194 Å². The zero-order valence-corrected chi connectivity index (χ0v) is 19.1. The van der Waals surface area contributed by atoms with Gasteiger partial charge in [0.2, 0.25) is 0 Å². The first-order chi connectivity index (χ1) is 15.5. The van der Waals surface area contributed by atoms with E-state index in [1.54, 1.807) is 13.0 Å². The van der Waals surface area contributed by atoms with E-state index >= 15 is 0 Å². The highest BCUT2D eigenvalue weighted by atomic mass is 79.9. The van der Waals surface area contributed by atoms with Gasteiger partial charge in [-0.3, -0.25) is 9.69 Å². The van der Waals surface area contributed by atoms with Crippen molar-refractivity contribution in [1.29, 1.82) is 0 Å². The Morgan fingerprint density at radius 2 is 1.62 bits per heavy atom. The van der Waals surface area contributed by atoms with Gasteiger partial charge in [0, 0.05) is 15.9 Å². The Bertz CT molecular complexity index is 1230. The summed E-state index contributed by atoms with van der Waals surface area (Å²) in [5.74, 6) is 0.487. The topological polar surface area (TPSA) is 55.8 Å². The predicted octanol–water partition coefficient (Wildman–Crippen LogP) is 6.12. The molecule has 1 aliphatic heterocycles. The van der Waals surface area contributed by atoms with Gasteiger partial charge in [-0.15, -0.1) is 0 Å². The highest BCUT2D eigenvalue weighted by molar-refractivity contribution is 9.10. The van der Waals surface area contributed by atoms with E-state index in [2.05, 4.69) is 15.9 Å². The van der Waals surface area contributed by atoms with Gasteiger partial charge in [0.25, 0.3) is 5.91 Å². The number of methoxy groups -OCH3 is 1. The van der Waals surface area contributed by atoms with E-state index in [9.17, 15) is 9.59 Å². The number of nitrogens with zero attached hydrogens (tertiary/aromatic N) is 1. The summed E-state index contributed by atoms with van der Waals surface area (Å²) in [5.41, 5.74) is 2.44. The van der Waals surface area contributed by atoms with Crippen molar-refractivity contribution in [1.82, 2.24) is 0 Å². The van der Waals surface area contributed by atoms with Crippen LogP contribution in [-0.2, 0) is 14.3 Å². The summed E-state index contributed by atoms with van der Waals surface area (Å²) >= 11 is 3.40. The number of carbonyl (C=O) groups is 2. The molecule has 0 aromatic heterocycles. The maximum atomic E-state index is 13.4. The summed E-state index contributed by atoms with van der Waals surface area (Å²) in [7, 11) is 1.31. The van der Waals surface area contributed by atoms with E-state index in [0.29, 0.717) is 22.9 Å². The zero-order valence-electron chi connectivity index (χ0n) is 17.5. The van der Waals surface area contributed by atoms with Gasteiger partial charge in [0.1, 0.15) is 11.5 Å². The van der Waals surface area contributed by atoms with Gasteiger partial charge in [0.05, 0.1) is 18.3 Å². The fourth-order valence-electron chi connectivity index (χ4n) is 3.54. The van der Waals surface area contributed by atoms with E-state index in [1.165, 1.54) is 12.0 Å². The number of hydrogen-bond donors (Lipinski definition) is 0. The molecule has 6 heteroatoms. The van der Waals surface area contributed by atoms with Crippen LogP contribution in [0.1, 0.15) is 12.5 Å². The van der Waals surface area contributed by atoms with E-state index < -0.39 is 5.97 Å². The third kappa shape index (κ3) is 4.36. The average Bonchev–Trinajstić information content (AvgIpc) is 3.04. The average molecular weight is 490 g/mol. The highest BCUT2D eigenvalue weighted by Crippen LogP contribution is 2.36. The van der Waals surface area contributed by atoms with Gasteiger partial charge in [-0.1, -0.05) is 46.3 Å². The van der Waals surface area contributed by atoms with Crippen LogP contribution in [0, 0.1) is 0 Å². The van der Waals surface area contributed by atoms with Gasteiger partial charge in [0.15, 0.2) is 0 Å². The minimum absolute atomic E-state index is 0.245. The number of para-hydroxylation sites is 1. The molecular formula is C26H20BrNO4. The summed E-state index contributed by atoms with van der Waals surface area (Å²) in [4.78, 5) is 27.5. The van der Waals surface area contributed by atoms with Crippen LogP contribution in [0.15, 0.2) is 100 Å². The quantitative estimate of drug-likeness (QED) is 0.320. The standard InChI is InChI=1S/C26H20BrNO4/c1-17-24(26(30)31-2)23(25(29)28(17)20-13-11-19(27)12-14-20)16-18-7-6-10-22(15-18)32-21-8-4-3-5-9-21/h3-16H,1-2H3/b23-16-. The van der Waals surface area contributed by atoms with Crippen LogP contribution in [0.4, 0.5) is 5.69 Å². The van der Waals surface area contributed by atoms with Crippen LogP contribution in [0.2, 0.25) is 0 Å². The summed E-state index contributed by atoms with van der Waals surface area (Å²) in [6.45, 7) is 1.74. The summed E-state index contributed by atoms with van der Waals surface area (Å²) in [6, 6.07) is 24.1. The Kier molecular flexibility index (Phi) is 6.23. The lowest BCUT2D eigenvalue weighted by Gasteiger charge is -2.18. The summed E-state index contributed by atoms with van der Waals surface area (Å²) in [5, 5.41) is 0. The van der Waals surface area contributed by atoms with E-state index in [0.717, 1.165) is 10.0 Å². The van der Waals surface area contributed by atoms with Crippen LogP contribution in [-0.4, -0.2) is 19.0 Å². The molecule has 0 saturated carbocycles. The van der Waals surface area contributed by atoms with Crippen molar-refractivity contribution in [3.8, 4) is 11.5 Å². The van der Waals surface area contributed by atoms with Crippen LogP contribution in [0.5, 0.6) is 11.5 Å². The SMILES string of the molecule is COC(=O)C1=C(C)N(c2ccc(Br)cc2)C(=O)/C1=C\c1cccc(Oc2ccccc2)c1. The smallest absolute Gasteiger partial charge is 0.340 e. The molecule has 5 nitrogen and oxygen atoms in total. The summed E-state index contributed by atoms with van der Waals surface area (Å²) < 4.78 is 11.8. The predicted molar refractivity (Wildman–Crippen MR) is 127 cm³/mol. The van der Waals surface area contributed by atoms with Crippen molar-refractivity contribution in [2.75, 3.05) is 12.0 Å². The third-order valence-electron chi connectivity index (χ3n) is 5.02. The van der Waals surface area contributed by atoms with Gasteiger partial charge in [-0.05, 0) is 67.1 Å². The molecule has 4 rings (SSSR count). The molecular weight excluding hydrogens is 470 g/mol. The number of allylic oxidation sites excluding steroid dienone is 1. The number of benzene rings is 3. The first-order valence-corrected chi connectivity index (χ1v) is 10.7. The molecule has 1 heterocycles.